The molecule has 1 rings (SSSR count). The first-order chi connectivity index (χ1) is 5.72. The van der Waals surface area contributed by atoms with Gasteiger partial charge in [0, 0.05) is 11.1 Å². The van der Waals surface area contributed by atoms with Crippen LogP contribution in [0.4, 0.5) is 9.93 Å². The zero-order chi connectivity index (χ0) is 8.97. The van der Waals surface area contributed by atoms with E-state index in [-0.39, 0.29) is 0 Å². The number of hydrogen-bond donors (Lipinski definition) is 2. The molecule has 5 nitrogen and oxygen atoms in total. The highest BCUT2D eigenvalue weighted by atomic mass is 32.1. The predicted molar refractivity (Wildman–Crippen MR) is 46.0 cm³/mol. The van der Waals surface area contributed by atoms with Crippen LogP contribution in [-0.4, -0.2) is 18.1 Å². The maximum Gasteiger partial charge on any atom is 0.344 e. The minimum absolute atomic E-state index is 0.424. The highest BCUT2D eigenvalue weighted by Crippen LogP contribution is 2.15. The van der Waals surface area contributed by atoms with E-state index in [0.717, 1.165) is 4.88 Å². The first-order valence-corrected chi connectivity index (χ1v) is 4.06. The summed E-state index contributed by atoms with van der Waals surface area (Å²) >= 11 is 1.40. The molecule has 6 heteroatoms. The largest absolute Gasteiger partial charge is 0.344 e. The highest BCUT2D eigenvalue weighted by molar-refractivity contribution is 7.15. The molecule has 0 aliphatic heterocycles. The smallest absolute Gasteiger partial charge is 0.282 e. The Morgan fingerprint density at radius 3 is 3.00 bits per heavy atom. The van der Waals surface area contributed by atoms with Crippen molar-refractivity contribution < 1.29 is 9.63 Å². The Morgan fingerprint density at radius 1 is 1.75 bits per heavy atom. The number of rotatable bonds is 2. The van der Waals surface area contributed by atoms with Crippen molar-refractivity contribution in [1.29, 1.82) is 0 Å². The summed E-state index contributed by atoms with van der Waals surface area (Å²) in [6.07, 6.45) is 1.69. The number of amides is 2. The molecule has 0 spiro atoms. The number of urea groups is 1. The number of nitrogens with zero attached hydrogens (tertiary/aromatic N) is 1. The van der Waals surface area contributed by atoms with E-state index in [2.05, 4.69) is 20.6 Å². The predicted octanol–water partition coefficient (Wildman–Crippen LogP) is 1.13. The van der Waals surface area contributed by atoms with E-state index < -0.39 is 6.03 Å². The van der Waals surface area contributed by atoms with Gasteiger partial charge in [-0.3, -0.25) is 10.2 Å². The summed E-state index contributed by atoms with van der Waals surface area (Å²) in [5, 5.41) is 3.05. The maximum absolute atomic E-state index is 10.8. The summed E-state index contributed by atoms with van der Waals surface area (Å²) < 4.78 is 0. The second kappa shape index (κ2) is 4.03. The van der Waals surface area contributed by atoms with Crippen molar-refractivity contribution in [2.24, 2.45) is 0 Å². The Labute approximate surface area is 73.7 Å². The highest BCUT2D eigenvalue weighted by Gasteiger charge is 2.02. The lowest BCUT2D eigenvalue weighted by molar-refractivity contribution is 0.114. The molecule has 0 atom stereocenters. The van der Waals surface area contributed by atoms with E-state index in [1.54, 1.807) is 6.20 Å². The van der Waals surface area contributed by atoms with E-state index in [1.807, 2.05) is 6.92 Å². The van der Waals surface area contributed by atoms with Gasteiger partial charge in [0.05, 0.1) is 7.11 Å². The van der Waals surface area contributed by atoms with Crippen LogP contribution in [-0.2, 0) is 4.84 Å². The van der Waals surface area contributed by atoms with Crippen molar-refractivity contribution in [3.63, 3.8) is 0 Å². The van der Waals surface area contributed by atoms with Crippen LogP contribution in [0.15, 0.2) is 6.20 Å². The van der Waals surface area contributed by atoms with Crippen LogP contribution in [0.25, 0.3) is 0 Å². The number of aromatic nitrogens is 1. The molecule has 0 aromatic carbocycles. The number of aryl methyl sites for hydroxylation is 1. The van der Waals surface area contributed by atoms with Crippen molar-refractivity contribution in [2.45, 2.75) is 6.92 Å². The molecule has 0 bridgehead atoms. The molecule has 1 heterocycles. The number of thiazole rings is 1. The van der Waals surface area contributed by atoms with E-state index >= 15 is 0 Å². The van der Waals surface area contributed by atoms with Gasteiger partial charge in [0.25, 0.3) is 0 Å². The van der Waals surface area contributed by atoms with E-state index in [1.165, 1.54) is 18.4 Å². The molecular weight excluding hydrogens is 178 g/mol. The summed E-state index contributed by atoms with van der Waals surface area (Å²) in [7, 11) is 1.37. The monoisotopic (exact) mass is 187 g/mol. The number of anilines is 1. The topological polar surface area (TPSA) is 63.2 Å². The second-order valence-electron chi connectivity index (χ2n) is 2.04. The lowest BCUT2D eigenvalue weighted by Gasteiger charge is -2.00. The lowest BCUT2D eigenvalue weighted by atomic mass is 10.7. The molecule has 0 saturated carbocycles. The molecule has 12 heavy (non-hydrogen) atoms. The van der Waals surface area contributed by atoms with Crippen LogP contribution < -0.4 is 10.8 Å². The van der Waals surface area contributed by atoms with E-state index in [0.29, 0.717) is 5.13 Å². The molecule has 0 unspecified atom stereocenters. The van der Waals surface area contributed by atoms with Crippen molar-refractivity contribution in [2.75, 3.05) is 12.4 Å². The SMILES string of the molecule is CONC(=O)Nc1ncc(C)s1. The molecule has 0 saturated heterocycles. The van der Waals surface area contributed by atoms with Crippen LogP contribution in [0.1, 0.15) is 4.88 Å². The Hall–Kier alpha value is -1.14. The van der Waals surface area contributed by atoms with Crippen molar-refractivity contribution in [3.05, 3.63) is 11.1 Å². The first kappa shape index (κ1) is 8.95. The fourth-order valence-electron chi connectivity index (χ4n) is 0.628. The molecule has 2 N–H and O–H groups in total. The van der Waals surface area contributed by atoms with Crippen LogP contribution in [0, 0.1) is 6.92 Å². The molecule has 2 amide bonds. The summed E-state index contributed by atoms with van der Waals surface area (Å²) in [4.78, 5) is 20.2. The van der Waals surface area contributed by atoms with Gasteiger partial charge in [-0.2, -0.15) is 0 Å². The second-order valence-corrected chi connectivity index (χ2v) is 3.27. The molecule has 1 aromatic rings. The average Bonchev–Trinajstić information content (AvgIpc) is 2.36. The van der Waals surface area contributed by atoms with Crippen molar-refractivity contribution >= 4 is 22.5 Å². The minimum atomic E-state index is -0.424. The van der Waals surface area contributed by atoms with Gasteiger partial charge >= 0.3 is 6.03 Å². The minimum Gasteiger partial charge on any atom is -0.282 e. The average molecular weight is 187 g/mol. The third-order valence-electron chi connectivity index (χ3n) is 1.04. The summed E-state index contributed by atoms with van der Waals surface area (Å²) in [5.41, 5.74) is 2.12. The van der Waals surface area contributed by atoms with Gasteiger partial charge in [-0.05, 0) is 6.92 Å². The Morgan fingerprint density at radius 2 is 2.50 bits per heavy atom. The summed E-state index contributed by atoms with van der Waals surface area (Å²) in [6, 6.07) is -0.424. The van der Waals surface area contributed by atoms with Crippen LogP contribution in [0.3, 0.4) is 0 Å². The normalized spacial score (nSPS) is 9.50. The lowest BCUT2D eigenvalue weighted by Crippen LogP contribution is -2.27. The Balaban J connectivity index is 2.46. The number of hydroxylamine groups is 1. The molecule has 1 aromatic heterocycles. The quantitative estimate of drug-likeness (QED) is 0.682. The van der Waals surface area contributed by atoms with Gasteiger partial charge in [0.15, 0.2) is 5.13 Å². The molecule has 0 fully saturated rings. The van der Waals surface area contributed by atoms with Gasteiger partial charge < -0.3 is 0 Å². The molecule has 0 aliphatic rings. The van der Waals surface area contributed by atoms with Crippen molar-refractivity contribution in [1.82, 2.24) is 10.5 Å². The number of nitrogens with one attached hydrogen (secondary N) is 2. The Bertz CT molecular complexity index is 274. The summed E-state index contributed by atoms with van der Waals surface area (Å²) in [5.74, 6) is 0. The van der Waals surface area contributed by atoms with Gasteiger partial charge in [0.2, 0.25) is 0 Å². The first-order valence-electron chi connectivity index (χ1n) is 3.25. The molecular formula is C6H9N3O2S. The van der Waals surface area contributed by atoms with E-state index in [9.17, 15) is 4.79 Å². The zero-order valence-electron chi connectivity index (χ0n) is 6.75. The van der Waals surface area contributed by atoms with Gasteiger partial charge in [-0.15, -0.1) is 11.3 Å². The standard InChI is InChI=1S/C6H9N3O2S/c1-4-3-7-6(12-4)8-5(10)9-11-2/h3H,1-2H3,(H2,7,8,9,10). The number of carbonyl (C=O) groups excluding carboxylic acids is 1. The third-order valence-corrected chi connectivity index (χ3v) is 1.86. The molecule has 0 aliphatic carbocycles. The zero-order valence-corrected chi connectivity index (χ0v) is 7.57. The van der Waals surface area contributed by atoms with Crippen molar-refractivity contribution in [3.8, 4) is 0 Å². The van der Waals surface area contributed by atoms with E-state index in [4.69, 9.17) is 0 Å². The fraction of sp³-hybridized carbons (Fsp3) is 0.333. The van der Waals surface area contributed by atoms with Crippen LogP contribution in [0.5, 0.6) is 0 Å². The maximum atomic E-state index is 10.8. The van der Waals surface area contributed by atoms with Gasteiger partial charge in [0.1, 0.15) is 0 Å². The number of carbonyl (C=O) groups is 1. The van der Waals surface area contributed by atoms with Gasteiger partial charge in [-0.1, -0.05) is 0 Å². The van der Waals surface area contributed by atoms with Gasteiger partial charge in [-0.25, -0.2) is 15.3 Å². The van der Waals surface area contributed by atoms with Crippen LogP contribution >= 0.6 is 11.3 Å². The Kier molecular flexibility index (Phi) is 3.01. The molecule has 66 valence electrons. The molecule has 0 radical (unpaired) electrons. The third kappa shape index (κ3) is 2.48. The summed E-state index contributed by atoms with van der Waals surface area (Å²) in [6.45, 7) is 1.91. The van der Waals surface area contributed by atoms with Crippen LogP contribution in [0.2, 0.25) is 0 Å². The number of hydrogen-bond acceptors (Lipinski definition) is 4. The fourth-order valence-corrected chi connectivity index (χ4v) is 1.29.